The first-order valence-corrected chi connectivity index (χ1v) is 9.55. The Hall–Kier alpha value is -3.19. The maximum Gasteiger partial charge on any atom is 0.251 e. The Kier molecular flexibility index (Phi) is 6.06. The molecule has 0 atom stereocenters. The molecule has 0 fully saturated rings. The highest BCUT2D eigenvalue weighted by Crippen LogP contribution is 2.31. The summed E-state index contributed by atoms with van der Waals surface area (Å²) < 4.78 is 5.17. The van der Waals surface area contributed by atoms with Crippen molar-refractivity contribution in [3.63, 3.8) is 0 Å². The van der Waals surface area contributed by atoms with Crippen LogP contribution in [0.25, 0.3) is 11.3 Å². The molecule has 0 aliphatic carbocycles. The van der Waals surface area contributed by atoms with E-state index < -0.39 is 0 Å². The molecule has 2 aromatic carbocycles. The van der Waals surface area contributed by atoms with Gasteiger partial charge >= 0.3 is 0 Å². The van der Waals surface area contributed by atoms with Crippen molar-refractivity contribution in [1.29, 1.82) is 0 Å². The first-order chi connectivity index (χ1) is 13.5. The zero-order chi connectivity index (χ0) is 20.1. The fraction of sp³-hybridized carbons (Fsp3) is 0.190. The van der Waals surface area contributed by atoms with E-state index in [2.05, 4.69) is 15.6 Å². The second-order valence-corrected chi connectivity index (χ2v) is 7.40. The van der Waals surface area contributed by atoms with Crippen LogP contribution in [0.2, 0.25) is 0 Å². The number of anilines is 1. The van der Waals surface area contributed by atoms with E-state index in [1.54, 1.807) is 19.2 Å². The number of thiazole rings is 1. The summed E-state index contributed by atoms with van der Waals surface area (Å²) in [6.45, 7) is 3.69. The molecular weight excluding hydrogens is 374 g/mol. The lowest BCUT2D eigenvalue weighted by atomic mass is 10.1. The van der Waals surface area contributed by atoms with Crippen molar-refractivity contribution in [2.24, 2.45) is 0 Å². The van der Waals surface area contributed by atoms with Gasteiger partial charge in [0.05, 0.1) is 19.3 Å². The molecule has 2 N–H and O–H groups in total. The summed E-state index contributed by atoms with van der Waals surface area (Å²) in [7, 11) is 1.62. The number of rotatable bonds is 6. The van der Waals surface area contributed by atoms with Gasteiger partial charge in [-0.3, -0.25) is 9.59 Å². The second kappa shape index (κ2) is 8.67. The van der Waals surface area contributed by atoms with Gasteiger partial charge < -0.3 is 15.4 Å². The van der Waals surface area contributed by atoms with E-state index in [9.17, 15) is 9.59 Å². The highest BCUT2D eigenvalue weighted by Gasteiger charge is 2.14. The smallest absolute Gasteiger partial charge is 0.251 e. The Morgan fingerprint density at radius 1 is 1.07 bits per heavy atom. The predicted molar refractivity (Wildman–Crippen MR) is 111 cm³/mol. The highest BCUT2D eigenvalue weighted by atomic mass is 32.1. The number of ether oxygens (including phenoxy) is 1. The number of amides is 2. The molecule has 28 heavy (non-hydrogen) atoms. The van der Waals surface area contributed by atoms with Crippen LogP contribution in [-0.2, 0) is 4.79 Å². The zero-order valence-electron chi connectivity index (χ0n) is 15.9. The van der Waals surface area contributed by atoms with E-state index in [1.807, 2.05) is 50.2 Å². The number of carbonyl (C=O) groups is 2. The molecule has 3 rings (SSSR count). The lowest BCUT2D eigenvalue weighted by Crippen LogP contribution is -2.33. The molecule has 0 unspecified atom stereocenters. The van der Waals surface area contributed by atoms with Crippen LogP contribution >= 0.6 is 11.3 Å². The van der Waals surface area contributed by atoms with E-state index in [0.717, 1.165) is 27.4 Å². The Balaban J connectivity index is 1.61. The fourth-order valence-corrected chi connectivity index (χ4v) is 3.57. The predicted octanol–water partition coefficient (Wildman–Crippen LogP) is 3.80. The van der Waals surface area contributed by atoms with E-state index in [0.29, 0.717) is 10.7 Å². The van der Waals surface area contributed by atoms with Gasteiger partial charge in [-0.15, -0.1) is 11.3 Å². The monoisotopic (exact) mass is 395 g/mol. The van der Waals surface area contributed by atoms with Gasteiger partial charge in [-0.25, -0.2) is 4.98 Å². The first-order valence-electron chi connectivity index (χ1n) is 8.73. The number of aryl methyl sites for hydroxylation is 2. The number of methoxy groups -OCH3 is 1. The largest absolute Gasteiger partial charge is 0.497 e. The van der Waals surface area contributed by atoms with E-state index >= 15 is 0 Å². The zero-order valence-corrected chi connectivity index (χ0v) is 16.7. The van der Waals surface area contributed by atoms with Gasteiger partial charge in [0.2, 0.25) is 5.91 Å². The maximum absolute atomic E-state index is 12.2. The first kappa shape index (κ1) is 19.6. The van der Waals surface area contributed by atoms with Crippen molar-refractivity contribution in [1.82, 2.24) is 10.3 Å². The maximum atomic E-state index is 12.2. The van der Waals surface area contributed by atoms with Gasteiger partial charge in [-0.05, 0) is 49.7 Å². The molecule has 7 heteroatoms. The van der Waals surface area contributed by atoms with Crippen molar-refractivity contribution in [2.45, 2.75) is 13.8 Å². The van der Waals surface area contributed by atoms with Crippen LogP contribution in [0, 0.1) is 13.8 Å². The normalized spacial score (nSPS) is 10.4. The summed E-state index contributed by atoms with van der Waals surface area (Å²) in [5.74, 6) is 0.175. The van der Waals surface area contributed by atoms with Crippen LogP contribution in [-0.4, -0.2) is 30.5 Å². The number of nitrogens with zero attached hydrogens (tertiary/aromatic N) is 1. The third kappa shape index (κ3) is 4.55. The third-order valence-corrected chi connectivity index (χ3v) is 5.09. The van der Waals surface area contributed by atoms with Crippen LogP contribution < -0.4 is 15.4 Å². The molecule has 0 aliphatic heterocycles. The Morgan fingerprint density at radius 2 is 1.79 bits per heavy atom. The number of hydrogen-bond donors (Lipinski definition) is 2. The number of benzene rings is 2. The average Bonchev–Trinajstić information content (AvgIpc) is 3.06. The summed E-state index contributed by atoms with van der Waals surface area (Å²) in [4.78, 5) is 29.9. The SMILES string of the molecule is COc1ccc(-c2nc(NC(=O)CNC(=O)c3ccccc3C)sc2C)cc1. The van der Waals surface area contributed by atoms with Crippen molar-refractivity contribution in [3.05, 3.63) is 64.5 Å². The van der Waals surface area contributed by atoms with Crippen LogP contribution in [0.1, 0.15) is 20.8 Å². The van der Waals surface area contributed by atoms with Crippen LogP contribution in [0.5, 0.6) is 5.75 Å². The van der Waals surface area contributed by atoms with Crippen molar-refractivity contribution in [2.75, 3.05) is 19.0 Å². The Morgan fingerprint density at radius 3 is 2.46 bits per heavy atom. The molecule has 144 valence electrons. The third-order valence-electron chi connectivity index (χ3n) is 4.21. The second-order valence-electron chi connectivity index (χ2n) is 6.20. The lowest BCUT2D eigenvalue weighted by molar-refractivity contribution is -0.115. The fourth-order valence-electron chi connectivity index (χ4n) is 2.71. The van der Waals surface area contributed by atoms with Crippen molar-refractivity contribution < 1.29 is 14.3 Å². The van der Waals surface area contributed by atoms with E-state index in [4.69, 9.17) is 4.74 Å². The van der Waals surface area contributed by atoms with Gasteiger partial charge in [0.15, 0.2) is 5.13 Å². The van der Waals surface area contributed by atoms with Gasteiger partial charge in [-0.1, -0.05) is 18.2 Å². The molecule has 3 aromatic rings. The summed E-state index contributed by atoms with van der Waals surface area (Å²) in [5.41, 5.74) is 3.18. The number of nitrogens with one attached hydrogen (secondary N) is 2. The van der Waals surface area contributed by atoms with Gasteiger partial charge in [-0.2, -0.15) is 0 Å². The van der Waals surface area contributed by atoms with Crippen molar-refractivity contribution >= 4 is 28.3 Å². The topological polar surface area (TPSA) is 80.3 Å². The number of hydrogen-bond acceptors (Lipinski definition) is 5. The minimum Gasteiger partial charge on any atom is -0.497 e. The quantitative estimate of drug-likeness (QED) is 0.665. The lowest BCUT2D eigenvalue weighted by Gasteiger charge is -2.07. The number of aromatic nitrogens is 1. The van der Waals surface area contributed by atoms with Gasteiger partial charge in [0, 0.05) is 16.0 Å². The molecule has 1 aromatic heterocycles. The molecule has 0 aliphatic rings. The summed E-state index contributed by atoms with van der Waals surface area (Å²) in [5, 5.41) is 5.88. The van der Waals surface area contributed by atoms with Crippen LogP contribution in [0.3, 0.4) is 0 Å². The summed E-state index contributed by atoms with van der Waals surface area (Å²) in [6.07, 6.45) is 0. The molecule has 0 saturated heterocycles. The molecule has 0 radical (unpaired) electrons. The average molecular weight is 395 g/mol. The summed E-state index contributed by atoms with van der Waals surface area (Å²) >= 11 is 1.39. The molecule has 1 heterocycles. The van der Waals surface area contributed by atoms with E-state index in [-0.39, 0.29) is 18.4 Å². The van der Waals surface area contributed by atoms with Crippen molar-refractivity contribution in [3.8, 4) is 17.0 Å². The van der Waals surface area contributed by atoms with Crippen LogP contribution in [0.15, 0.2) is 48.5 Å². The Bertz CT molecular complexity index is 996. The molecule has 0 bridgehead atoms. The molecule has 2 amide bonds. The van der Waals surface area contributed by atoms with Gasteiger partial charge in [0.25, 0.3) is 5.91 Å². The van der Waals surface area contributed by atoms with E-state index in [1.165, 1.54) is 11.3 Å². The minimum absolute atomic E-state index is 0.121. The highest BCUT2D eigenvalue weighted by molar-refractivity contribution is 7.16. The molecule has 0 saturated carbocycles. The minimum atomic E-state index is -0.322. The number of carbonyl (C=O) groups excluding carboxylic acids is 2. The van der Waals surface area contributed by atoms with Gasteiger partial charge in [0.1, 0.15) is 5.75 Å². The molecular formula is C21H21N3O3S. The van der Waals surface area contributed by atoms with Crippen LogP contribution in [0.4, 0.5) is 5.13 Å². The summed E-state index contributed by atoms with van der Waals surface area (Å²) in [6, 6.07) is 14.8. The molecule has 6 nitrogen and oxygen atoms in total. The Labute approximate surface area is 167 Å². The molecule has 0 spiro atoms. The standard InChI is InChI=1S/C21H21N3O3S/c1-13-6-4-5-7-17(13)20(26)22-12-18(25)23-21-24-19(14(2)28-21)15-8-10-16(27-3)11-9-15/h4-11H,12H2,1-3H3,(H,22,26)(H,23,24,25).